The molecule has 0 amide bonds. The van der Waals surface area contributed by atoms with E-state index in [0.29, 0.717) is 0 Å². The molecule has 0 bridgehead atoms. The van der Waals surface area contributed by atoms with E-state index in [1.54, 1.807) is 0 Å². The summed E-state index contributed by atoms with van der Waals surface area (Å²) in [6.45, 7) is 2.12. The smallest absolute Gasteiger partial charge is 0.0669 e. The van der Waals surface area contributed by atoms with Gasteiger partial charge in [-0.15, -0.1) is 11.3 Å². The minimum Gasteiger partial charge on any atom is -0.309 e. The average molecular weight is 252 g/mol. The molecule has 2 aromatic rings. The van der Waals surface area contributed by atoms with Gasteiger partial charge in [0, 0.05) is 14.8 Å². The molecule has 1 unspecified atom stereocenters. The Balaban J connectivity index is 2.36. The maximum atomic E-state index is 6.01. The van der Waals surface area contributed by atoms with Gasteiger partial charge < -0.3 is 5.32 Å². The van der Waals surface area contributed by atoms with Gasteiger partial charge in [-0.05, 0) is 43.8 Å². The SMILES string of the molecule is CNC(c1cccc(Cl)c1)c1ccc(C)s1. The zero-order valence-corrected chi connectivity index (χ0v) is 10.9. The Morgan fingerprint density at radius 2 is 2.06 bits per heavy atom. The van der Waals surface area contributed by atoms with Gasteiger partial charge in [0.2, 0.25) is 0 Å². The van der Waals surface area contributed by atoms with Gasteiger partial charge in [0.1, 0.15) is 0 Å². The third kappa shape index (κ3) is 2.46. The van der Waals surface area contributed by atoms with E-state index in [0.717, 1.165) is 5.02 Å². The van der Waals surface area contributed by atoms with Crippen molar-refractivity contribution in [1.82, 2.24) is 5.32 Å². The summed E-state index contributed by atoms with van der Waals surface area (Å²) in [5, 5.41) is 4.11. The lowest BCUT2D eigenvalue weighted by Crippen LogP contribution is -2.16. The molecule has 3 heteroatoms. The van der Waals surface area contributed by atoms with Crippen molar-refractivity contribution >= 4 is 22.9 Å². The number of rotatable bonds is 3. The van der Waals surface area contributed by atoms with Crippen LogP contribution in [-0.2, 0) is 0 Å². The van der Waals surface area contributed by atoms with Gasteiger partial charge >= 0.3 is 0 Å². The number of hydrogen-bond donors (Lipinski definition) is 1. The Morgan fingerprint density at radius 3 is 2.62 bits per heavy atom. The quantitative estimate of drug-likeness (QED) is 0.869. The Bertz CT molecular complexity index is 478. The minimum atomic E-state index is 0.234. The van der Waals surface area contributed by atoms with Crippen LogP contribution in [0.25, 0.3) is 0 Å². The zero-order chi connectivity index (χ0) is 11.5. The molecule has 0 aliphatic rings. The highest BCUT2D eigenvalue weighted by Crippen LogP contribution is 2.29. The number of thiophene rings is 1. The summed E-state index contributed by atoms with van der Waals surface area (Å²) in [6, 6.07) is 12.5. The molecule has 84 valence electrons. The molecule has 1 aromatic heterocycles. The number of benzene rings is 1. The van der Waals surface area contributed by atoms with Crippen molar-refractivity contribution < 1.29 is 0 Å². The molecule has 0 radical (unpaired) electrons. The van der Waals surface area contributed by atoms with Crippen LogP contribution in [0, 0.1) is 6.92 Å². The van der Waals surface area contributed by atoms with E-state index in [4.69, 9.17) is 11.6 Å². The summed E-state index contributed by atoms with van der Waals surface area (Å²) < 4.78 is 0. The minimum absolute atomic E-state index is 0.234. The molecule has 0 fully saturated rings. The van der Waals surface area contributed by atoms with Crippen LogP contribution < -0.4 is 5.32 Å². The van der Waals surface area contributed by atoms with E-state index in [9.17, 15) is 0 Å². The molecule has 1 aromatic carbocycles. The van der Waals surface area contributed by atoms with Gasteiger partial charge in [-0.1, -0.05) is 23.7 Å². The Kier molecular flexibility index (Phi) is 3.64. The van der Waals surface area contributed by atoms with Crippen molar-refractivity contribution in [3.63, 3.8) is 0 Å². The van der Waals surface area contributed by atoms with Crippen molar-refractivity contribution in [3.8, 4) is 0 Å². The van der Waals surface area contributed by atoms with E-state index in [1.165, 1.54) is 15.3 Å². The molecule has 1 atom stereocenters. The lowest BCUT2D eigenvalue weighted by molar-refractivity contribution is 0.704. The first-order valence-electron chi connectivity index (χ1n) is 5.20. The molecular weight excluding hydrogens is 238 g/mol. The first-order chi connectivity index (χ1) is 7.70. The molecule has 1 heterocycles. The molecule has 0 aliphatic heterocycles. The molecular formula is C13H14ClNS. The van der Waals surface area contributed by atoms with Crippen molar-refractivity contribution in [3.05, 3.63) is 56.7 Å². The molecule has 0 aliphatic carbocycles. The van der Waals surface area contributed by atoms with E-state index in [2.05, 4.69) is 30.4 Å². The van der Waals surface area contributed by atoms with Crippen LogP contribution in [0.3, 0.4) is 0 Å². The number of halogens is 1. The summed E-state index contributed by atoms with van der Waals surface area (Å²) in [5.41, 5.74) is 1.21. The van der Waals surface area contributed by atoms with Crippen LogP contribution in [0.5, 0.6) is 0 Å². The second-order valence-electron chi connectivity index (χ2n) is 3.73. The van der Waals surface area contributed by atoms with Gasteiger partial charge in [0.15, 0.2) is 0 Å². The molecule has 0 saturated heterocycles. The number of hydrogen-bond acceptors (Lipinski definition) is 2. The Hall–Kier alpha value is -0.830. The van der Waals surface area contributed by atoms with Gasteiger partial charge in [0.05, 0.1) is 6.04 Å². The number of nitrogens with one attached hydrogen (secondary N) is 1. The van der Waals surface area contributed by atoms with Crippen LogP contribution in [0.4, 0.5) is 0 Å². The largest absolute Gasteiger partial charge is 0.309 e. The Labute approximate surface area is 105 Å². The topological polar surface area (TPSA) is 12.0 Å². The van der Waals surface area contributed by atoms with E-state index >= 15 is 0 Å². The van der Waals surface area contributed by atoms with Gasteiger partial charge in [0.25, 0.3) is 0 Å². The van der Waals surface area contributed by atoms with E-state index in [-0.39, 0.29) is 6.04 Å². The first kappa shape index (κ1) is 11.6. The predicted octanol–water partition coefficient (Wildman–Crippen LogP) is 4.02. The average Bonchev–Trinajstić information content (AvgIpc) is 2.66. The monoisotopic (exact) mass is 251 g/mol. The molecule has 1 nitrogen and oxygen atoms in total. The van der Waals surface area contributed by atoms with Gasteiger partial charge in [-0.2, -0.15) is 0 Å². The molecule has 0 spiro atoms. The molecule has 2 rings (SSSR count). The van der Waals surface area contributed by atoms with Crippen LogP contribution in [-0.4, -0.2) is 7.05 Å². The fourth-order valence-corrected chi connectivity index (χ4v) is 2.98. The van der Waals surface area contributed by atoms with E-state index in [1.807, 2.05) is 36.6 Å². The second kappa shape index (κ2) is 5.00. The molecule has 0 saturated carbocycles. The lowest BCUT2D eigenvalue weighted by atomic mass is 10.1. The van der Waals surface area contributed by atoms with Crippen molar-refractivity contribution in [2.75, 3.05) is 7.05 Å². The first-order valence-corrected chi connectivity index (χ1v) is 6.39. The van der Waals surface area contributed by atoms with Crippen molar-refractivity contribution in [2.24, 2.45) is 0 Å². The maximum absolute atomic E-state index is 6.01. The van der Waals surface area contributed by atoms with E-state index < -0.39 is 0 Å². The van der Waals surface area contributed by atoms with Crippen LogP contribution in [0.15, 0.2) is 36.4 Å². The Morgan fingerprint density at radius 1 is 1.25 bits per heavy atom. The maximum Gasteiger partial charge on any atom is 0.0669 e. The summed E-state index contributed by atoms with van der Waals surface area (Å²) in [4.78, 5) is 2.65. The fourth-order valence-electron chi connectivity index (χ4n) is 1.77. The second-order valence-corrected chi connectivity index (χ2v) is 5.48. The van der Waals surface area contributed by atoms with Crippen LogP contribution >= 0.6 is 22.9 Å². The van der Waals surface area contributed by atoms with Crippen molar-refractivity contribution in [1.29, 1.82) is 0 Å². The fraction of sp³-hybridized carbons (Fsp3) is 0.231. The highest BCUT2D eigenvalue weighted by Gasteiger charge is 2.13. The van der Waals surface area contributed by atoms with Crippen LogP contribution in [0.2, 0.25) is 5.02 Å². The standard InChI is InChI=1S/C13H14ClNS/c1-9-6-7-12(16-9)13(15-2)10-4-3-5-11(14)8-10/h3-8,13,15H,1-2H3. The van der Waals surface area contributed by atoms with Gasteiger partial charge in [-0.25, -0.2) is 0 Å². The normalized spacial score (nSPS) is 12.7. The highest BCUT2D eigenvalue weighted by atomic mass is 35.5. The van der Waals surface area contributed by atoms with Crippen LogP contribution in [0.1, 0.15) is 21.4 Å². The summed E-state index contributed by atoms with van der Waals surface area (Å²) in [5.74, 6) is 0. The third-order valence-electron chi connectivity index (χ3n) is 2.52. The molecule has 16 heavy (non-hydrogen) atoms. The molecule has 1 N–H and O–H groups in total. The third-order valence-corrected chi connectivity index (χ3v) is 3.82. The summed E-state index contributed by atoms with van der Waals surface area (Å²) in [6.07, 6.45) is 0. The zero-order valence-electron chi connectivity index (χ0n) is 9.33. The predicted molar refractivity (Wildman–Crippen MR) is 71.4 cm³/mol. The highest BCUT2D eigenvalue weighted by molar-refractivity contribution is 7.12. The lowest BCUT2D eigenvalue weighted by Gasteiger charge is -2.15. The van der Waals surface area contributed by atoms with Gasteiger partial charge in [-0.3, -0.25) is 0 Å². The van der Waals surface area contributed by atoms with Crippen molar-refractivity contribution in [2.45, 2.75) is 13.0 Å². The number of aryl methyl sites for hydroxylation is 1. The summed E-state index contributed by atoms with van der Waals surface area (Å²) in [7, 11) is 1.97. The summed E-state index contributed by atoms with van der Waals surface area (Å²) >= 11 is 7.83.